The summed E-state index contributed by atoms with van der Waals surface area (Å²) in [7, 11) is 1.99. The summed E-state index contributed by atoms with van der Waals surface area (Å²) in [5, 5.41) is 5.47. The average molecular weight is 341 g/mol. The largest absolute Gasteiger partial charge is 0.492 e. The standard InChI is InChI=1S/C18H19N3O2S/c1-4-23-16-8-6-5-7-13(16)19-17(22)14-11-24-18(20-14)15-10-9-12(2)21(15)3/h5-11H,4H2,1-3H3,(H,19,22). The summed E-state index contributed by atoms with van der Waals surface area (Å²) in [6.07, 6.45) is 0. The molecule has 0 saturated heterocycles. The van der Waals surface area contributed by atoms with Gasteiger partial charge in [0, 0.05) is 18.1 Å². The fraction of sp³-hybridized carbons (Fsp3) is 0.222. The molecule has 0 spiro atoms. The number of thiazole rings is 1. The lowest BCUT2D eigenvalue weighted by Gasteiger charge is -2.10. The Morgan fingerprint density at radius 3 is 2.79 bits per heavy atom. The molecule has 5 nitrogen and oxygen atoms in total. The van der Waals surface area contributed by atoms with Gasteiger partial charge in [-0.2, -0.15) is 0 Å². The van der Waals surface area contributed by atoms with Gasteiger partial charge >= 0.3 is 0 Å². The fourth-order valence-electron chi connectivity index (χ4n) is 2.36. The van der Waals surface area contributed by atoms with Crippen LogP contribution in [-0.2, 0) is 7.05 Å². The molecule has 0 radical (unpaired) electrons. The highest BCUT2D eigenvalue weighted by molar-refractivity contribution is 7.13. The van der Waals surface area contributed by atoms with E-state index >= 15 is 0 Å². The molecule has 0 aliphatic heterocycles. The zero-order valence-corrected chi connectivity index (χ0v) is 14.7. The molecule has 1 amide bonds. The predicted octanol–water partition coefficient (Wildman–Crippen LogP) is 4.11. The van der Waals surface area contributed by atoms with E-state index in [0.29, 0.717) is 23.7 Å². The summed E-state index contributed by atoms with van der Waals surface area (Å²) in [5.74, 6) is 0.414. The van der Waals surface area contributed by atoms with Crippen molar-refractivity contribution in [1.29, 1.82) is 0 Å². The van der Waals surface area contributed by atoms with E-state index in [2.05, 4.69) is 14.9 Å². The molecule has 1 N–H and O–H groups in total. The van der Waals surface area contributed by atoms with Gasteiger partial charge in [-0.25, -0.2) is 4.98 Å². The highest BCUT2D eigenvalue weighted by Gasteiger charge is 2.15. The van der Waals surface area contributed by atoms with E-state index in [1.807, 2.05) is 57.3 Å². The second kappa shape index (κ2) is 6.88. The van der Waals surface area contributed by atoms with Gasteiger partial charge in [0.2, 0.25) is 0 Å². The van der Waals surface area contributed by atoms with Crippen LogP contribution < -0.4 is 10.1 Å². The molecule has 24 heavy (non-hydrogen) atoms. The van der Waals surface area contributed by atoms with Gasteiger partial charge in [0.25, 0.3) is 5.91 Å². The molecule has 0 atom stereocenters. The van der Waals surface area contributed by atoms with Gasteiger partial charge in [0.1, 0.15) is 16.5 Å². The van der Waals surface area contributed by atoms with Crippen LogP contribution in [0.3, 0.4) is 0 Å². The Bertz CT molecular complexity index is 867. The quantitative estimate of drug-likeness (QED) is 0.760. The first-order chi connectivity index (χ1) is 11.6. The Hall–Kier alpha value is -2.60. The molecule has 0 aliphatic rings. The third kappa shape index (κ3) is 3.19. The van der Waals surface area contributed by atoms with Crippen LogP contribution in [-0.4, -0.2) is 22.1 Å². The Balaban J connectivity index is 1.81. The van der Waals surface area contributed by atoms with Crippen molar-refractivity contribution in [1.82, 2.24) is 9.55 Å². The van der Waals surface area contributed by atoms with Crippen molar-refractivity contribution in [3.05, 3.63) is 53.2 Å². The van der Waals surface area contributed by atoms with Crippen LogP contribution in [0.2, 0.25) is 0 Å². The van der Waals surface area contributed by atoms with Crippen molar-refractivity contribution in [2.24, 2.45) is 7.05 Å². The van der Waals surface area contributed by atoms with Gasteiger partial charge in [-0.3, -0.25) is 4.79 Å². The van der Waals surface area contributed by atoms with E-state index in [1.165, 1.54) is 11.3 Å². The molecule has 2 heterocycles. The first-order valence-electron chi connectivity index (χ1n) is 7.71. The van der Waals surface area contributed by atoms with E-state index in [1.54, 1.807) is 5.38 Å². The van der Waals surface area contributed by atoms with Crippen molar-refractivity contribution in [3.63, 3.8) is 0 Å². The van der Waals surface area contributed by atoms with Gasteiger partial charge in [-0.1, -0.05) is 12.1 Å². The minimum absolute atomic E-state index is 0.240. The Kier molecular flexibility index (Phi) is 4.66. The number of nitrogens with zero attached hydrogens (tertiary/aromatic N) is 2. The second-order valence-corrected chi connectivity index (χ2v) is 6.20. The lowest BCUT2D eigenvalue weighted by Crippen LogP contribution is -2.13. The monoisotopic (exact) mass is 341 g/mol. The molecule has 3 rings (SSSR count). The number of hydrogen-bond donors (Lipinski definition) is 1. The molecule has 0 unspecified atom stereocenters. The van der Waals surface area contributed by atoms with E-state index in [-0.39, 0.29) is 5.91 Å². The average Bonchev–Trinajstić information content (AvgIpc) is 3.18. The van der Waals surface area contributed by atoms with Crippen LogP contribution in [0.1, 0.15) is 23.1 Å². The van der Waals surface area contributed by atoms with Crippen LogP contribution in [0.15, 0.2) is 41.8 Å². The van der Waals surface area contributed by atoms with Gasteiger partial charge in [0.15, 0.2) is 0 Å². The Morgan fingerprint density at radius 2 is 2.08 bits per heavy atom. The zero-order valence-electron chi connectivity index (χ0n) is 13.9. The molecule has 0 aliphatic carbocycles. The minimum atomic E-state index is -0.240. The van der Waals surface area contributed by atoms with E-state index in [0.717, 1.165) is 16.4 Å². The Morgan fingerprint density at radius 1 is 1.29 bits per heavy atom. The summed E-state index contributed by atoms with van der Waals surface area (Å²) in [5.41, 5.74) is 3.21. The molecule has 3 aromatic rings. The van der Waals surface area contributed by atoms with E-state index in [9.17, 15) is 4.79 Å². The lowest BCUT2D eigenvalue weighted by atomic mass is 10.3. The predicted molar refractivity (Wildman–Crippen MR) is 96.8 cm³/mol. The third-order valence-electron chi connectivity index (χ3n) is 3.76. The van der Waals surface area contributed by atoms with Crippen molar-refractivity contribution in [2.75, 3.05) is 11.9 Å². The van der Waals surface area contributed by atoms with Crippen LogP contribution >= 0.6 is 11.3 Å². The number of rotatable bonds is 5. The van der Waals surface area contributed by atoms with Crippen molar-refractivity contribution in [3.8, 4) is 16.5 Å². The van der Waals surface area contributed by atoms with Crippen molar-refractivity contribution >= 4 is 22.9 Å². The maximum atomic E-state index is 12.5. The van der Waals surface area contributed by atoms with Gasteiger partial charge in [-0.05, 0) is 38.1 Å². The summed E-state index contributed by atoms with van der Waals surface area (Å²) in [6.45, 7) is 4.49. The number of aromatic nitrogens is 2. The number of para-hydroxylation sites is 2. The van der Waals surface area contributed by atoms with Crippen molar-refractivity contribution in [2.45, 2.75) is 13.8 Å². The maximum Gasteiger partial charge on any atom is 0.275 e. The number of carbonyl (C=O) groups is 1. The maximum absolute atomic E-state index is 12.5. The number of benzene rings is 1. The summed E-state index contributed by atoms with van der Waals surface area (Å²) < 4.78 is 7.59. The smallest absolute Gasteiger partial charge is 0.275 e. The Labute approximate surface area is 144 Å². The fourth-order valence-corrected chi connectivity index (χ4v) is 3.22. The number of nitrogens with one attached hydrogen (secondary N) is 1. The lowest BCUT2D eigenvalue weighted by molar-refractivity contribution is 0.102. The molecule has 124 valence electrons. The number of hydrogen-bond acceptors (Lipinski definition) is 4. The summed E-state index contributed by atoms with van der Waals surface area (Å²) in [6, 6.07) is 11.4. The SMILES string of the molecule is CCOc1ccccc1NC(=O)c1csc(-c2ccc(C)n2C)n1. The molecule has 1 aromatic carbocycles. The van der Waals surface area contributed by atoms with Gasteiger partial charge in [0.05, 0.1) is 18.0 Å². The second-order valence-electron chi connectivity index (χ2n) is 5.34. The van der Waals surface area contributed by atoms with Crippen LogP contribution in [0, 0.1) is 6.92 Å². The molecule has 0 bridgehead atoms. The third-order valence-corrected chi connectivity index (χ3v) is 4.63. The summed E-state index contributed by atoms with van der Waals surface area (Å²) >= 11 is 1.46. The molecule has 6 heteroatoms. The topological polar surface area (TPSA) is 56.1 Å². The first-order valence-corrected chi connectivity index (χ1v) is 8.59. The van der Waals surface area contributed by atoms with Crippen molar-refractivity contribution < 1.29 is 9.53 Å². The van der Waals surface area contributed by atoms with Gasteiger partial charge < -0.3 is 14.6 Å². The molecule has 0 fully saturated rings. The first kappa shape index (κ1) is 16.3. The molecule has 0 saturated carbocycles. The normalized spacial score (nSPS) is 10.6. The minimum Gasteiger partial charge on any atom is -0.492 e. The number of amides is 1. The van der Waals surface area contributed by atoms with Crippen LogP contribution in [0.4, 0.5) is 5.69 Å². The highest BCUT2D eigenvalue weighted by Crippen LogP contribution is 2.27. The number of carbonyl (C=O) groups excluding carboxylic acids is 1. The van der Waals surface area contributed by atoms with Crippen LogP contribution in [0.25, 0.3) is 10.7 Å². The highest BCUT2D eigenvalue weighted by atomic mass is 32.1. The van der Waals surface area contributed by atoms with E-state index in [4.69, 9.17) is 4.74 Å². The number of aryl methyl sites for hydroxylation is 1. The number of ether oxygens (including phenoxy) is 1. The van der Waals surface area contributed by atoms with Crippen LogP contribution in [0.5, 0.6) is 5.75 Å². The number of anilines is 1. The zero-order chi connectivity index (χ0) is 17.1. The molecular formula is C18H19N3O2S. The molecule has 2 aromatic heterocycles. The summed E-state index contributed by atoms with van der Waals surface area (Å²) in [4.78, 5) is 16.9. The van der Waals surface area contributed by atoms with Gasteiger partial charge in [-0.15, -0.1) is 11.3 Å². The molecular weight excluding hydrogens is 322 g/mol. The van der Waals surface area contributed by atoms with E-state index < -0.39 is 0 Å².